The van der Waals surface area contributed by atoms with Crippen LogP contribution in [0.3, 0.4) is 0 Å². The number of benzene rings is 1. The van der Waals surface area contributed by atoms with Crippen LogP contribution in [0, 0.1) is 0 Å². The fraction of sp³-hybridized carbons (Fsp3) is 0.176. The summed E-state index contributed by atoms with van der Waals surface area (Å²) in [6.45, 7) is -0.588. The van der Waals surface area contributed by atoms with Crippen LogP contribution in [0.2, 0.25) is 0 Å². The van der Waals surface area contributed by atoms with Crippen LogP contribution in [-0.4, -0.2) is 33.2 Å². The first-order valence-electron chi connectivity index (χ1n) is 8.06. The summed E-state index contributed by atoms with van der Waals surface area (Å²) in [4.78, 5) is 30.2. The minimum atomic E-state index is -5.06. The highest BCUT2D eigenvalue weighted by atomic mass is 79.9. The number of rotatable bonds is 4. The van der Waals surface area contributed by atoms with Gasteiger partial charge in [0.1, 0.15) is 6.54 Å². The van der Waals surface area contributed by atoms with Crippen LogP contribution in [-0.2, 0) is 16.9 Å². The Balaban J connectivity index is 1.65. The second kappa shape index (κ2) is 6.95. The van der Waals surface area contributed by atoms with Gasteiger partial charge >= 0.3 is 12.2 Å². The molecule has 3 heterocycles. The average Bonchev–Trinajstić information content (AvgIpc) is 3.37. The molecule has 1 N–H and O–H groups in total. The zero-order chi connectivity index (χ0) is 20.8. The van der Waals surface area contributed by atoms with Crippen molar-refractivity contribution in [3.05, 3.63) is 57.7 Å². The number of halogens is 4. The highest BCUT2D eigenvalue weighted by Crippen LogP contribution is 2.43. The van der Waals surface area contributed by atoms with Crippen LogP contribution in [0.4, 0.5) is 18.0 Å². The second-order valence-corrected chi connectivity index (χ2v) is 7.90. The van der Waals surface area contributed by atoms with Crippen molar-refractivity contribution >= 4 is 39.2 Å². The molecule has 1 unspecified atom stereocenters. The summed E-state index contributed by atoms with van der Waals surface area (Å²) in [6, 6.07) is 7.02. The molecule has 1 saturated heterocycles. The Hall–Kier alpha value is -2.73. The van der Waals surface area contributed by atoms with Crippen LogP contribution in [0.1, 0.15) is 11.5 Å². The van der Waals surface area contributed by atoms with Crippen LogP contribution in [0.25, 0.3) is 10.7 Å². The monoisotopic (exact) mass is 486 g/mol. The van der Waals surface area contributed by atoms with E-state index in [1.54, 1.807) is 16.8 Å². The van der Waals surface area contributed by atoms with Crippen molar-refractivity contribution in [3.63, 3.8) is 0 Å². The van der Waals surface area contributed by atoms with Gasteiger partial charge in [0.25, 0.3) is 5.91 Å². The minimum absolute atomic E-state index is 0.168. The minimum Gasteiger partial charge on any atom is -0.337 e. The van der Waals surface area contributed by atoms with Crippen LogP contribution < -0.4 is 5.32 Å². The van der Waals surface area contributed by atoms with E-state index in [-0.39, 0.29) is 17.3 Å². The number of thiophene rings is 1. The lowest BCUT2D eigenvalue weighted by molar-refractivity contribution is -0.198. The van der Waals surface area contributed by atoms with Crippen molar-refractivity contribution in [3.8, 4) is 10.7 Å². The Bertz CT molecular complexity index is 1090. The fourth-order valence-electron chi connectivity index (χ4n) is 2.94. The number of urea groups is 1. The van der Waals surface area contributed by atoms with Gasteiger partial charge in [0.15, 0.2) is 0 Å². The maximum absolute atomic E-state index is 13.9. The predicted molar refractivity (Wildman–Crippen MR) is 98.6 cm³/mol. The summed E-state index contributed by atoms with van der Waals surface area (Å²) in [5.74, 6) is -1.42. The lowest BCUT2D eigenvalue weighted by atomic mass is 9.89. The van der Waals surface area contributed by atoms with E-state index in [1.165, 1.54) is 29.5 Å². The topological polar surface area (TPSA) is 88.3 Å². The zero-order valence-corrected chi connectivity index (χ0v) is 16.6. The summed E-state index contributed by atoms with van der Waals surface area (Å²) in [7, 11) is 0. The molecule has 3 aromatic rings. The van der Waals surface area contributed by atoms with Crippen LogP contribution in [0.15, 0.2) is 50.8 Å². The first-order chi connectivity index (χ1) is 13.7. The fourth-order valence-corrected chi connectivity index (χ4v) is 4.30. The summed E-state index contributed by atoms with van der Waals surface area (Å²) >= 11 is 4.61. The van der Waals surface area contributed by atoms with Gasteiger partial charge in [-0.1, -0.05) is 35.5 Å². The Kier molecular flexibility index (Phi) is 4.69. The molecule has 0 spiro atoms. The number of nitrogens with zero attached hydrogens (tertiary/aromatic N) is 3. The highest BCUT2D eigenvalue weighted by molar-refractivity contribution is 9.10. The molecule has 1 atom stereocenters. The Morgan fingerprint density at radius 3 is 2.59 bits per heavy atom. The third kappa shape index (κ3) is 3.21. The molecule has 12 heteroatoms. The number of carbonyl (C=O) groups excluding carboxylic acids is 2. The van der Waals surface area contributed by atoms with Gasteiger partial charge in [0.05, 0.1) is 4.88 Å². The van der Waals surface area contributed by atoms with E-state index < -0.39 is 30.2 Å². The Morgan fingerprint density at radius 1 is 1.24 bits per heavy atom. The Labute approximate surface area is 173 Å². The SMILES string of the molecule is O=C1NC(c2ccccc2)(C(F)(F)F)C(=O)N1Cc1nc(-c2cc(Br)cs2)no1. The number of hydrogen-bond donors (Lipinski definition) is 1. The first kappa shape index (κ1) is 19.6. The molecule has 1 aliphatic rings. The second-order valence-electron chi connectivity index (χ2n) is 6.08. The van der Waals surface area contributed by atoms with E-state index in [0.29, 0.717) is 9.78 Å². The Morgan fingerprint density at radius 2 is 1.97 bits per heavy atom. The lowest BCUT2D eigenvalue weighted by Gasteiger charge is -2.29. The van der Waals surface area contributed by atoms with Gasteiger partial charge < -0.3 is 9.84 Å². The van der Waals surface area contributed by atoms with Crippen molar-refractivity contribution in [2.45, 2.75) is 18.3 Å². The number of hydrogen-bond acceptors (Lipinski definition) is 6. The molecule has 1 aromatic carbocycles. The quantitative estimate of drug-likeness (QED) is 0.561. The lowest BCUT2D eigenvalue weighted by Crippen LogP contribution is -2.55. The van der Waals surface area contributed by atoms with Gasteiger partial charge in [-0.3, -0.25) is 9.69 Å². The van der Waals surface area contributed by atoms with Crippen molar-refractivity contribution in [1.29, 1.82) is 0 Å². The third-order valence-electron chi connectivity index (χ3n) is 4.29. The highest BCUT2D eigenvalue weighted by Gasteiger charge is 2.68. The van der Waals surface area contributed by atoms with Crippen molar-refractivity contribution in [2.75, 3.05) is 0 Å². The van der Waals surface area contributed by atoms with E-state index in [0.717, 1.165) is 16.6 Å². The largest absolute Gasteiger partial charge is 0.425 e. The number of imide groups is 1. The van der Waals surface area contributed by atoms with E-state index in [4.69, 9.17) is 4.52 Å². The van der Waals surface area contributed by atoms with E-state index >= 15 is 0 Å². The molecule has 150 valence electrons. The van der Waals surface area contributed by atoms with Crippen molar-refractivity contribution < 1.29 is 27.3 Å². The normalized spacial score (nSPS) is 19.7. The summed E-state index contributed by atoms with van der Waals surface area (Å²) in [5, 5.41) is 7.34. The zero-order valence-electron chi connectivity index (χ0n) is 14.2. The van der Waals surface area contributed by atoms with Gasteiger partial charge in [-0.25, -0.2) is 4.79 Å². The van der Waals surface area contributed by atoms with Gasteiger partial charge in [0, 0.05) is 9.85 Å². The molecule has 1 fully saturated rings. The molecule has 0 saturated carbocycles. The molecule has 1 aliphatic heterocycles. The molecule has 0 aliphatic carbocycles. The number of alkyl halides is 3. The summed E-state index contributed by atoms with van der Waals surface area (Å²) < 4.78 is 47.7. The molecule has 7 nitrogen and oxygen atoms in total. The molecule has 3 amide bonds. The summed E-state index contributed by atoms with van der Waals surface area (Å²) in [6.07, 6.45) is -5.06. The smallest absolute Gasteiger partial charge is 0.337 e. The summed E-state index contributed by atoms with van der Waals surface area (Å²) in [5.41, 5.74) is -3.56. The number of nitrogens with one attached hydrogen (secondary N) is 1. The standard InChI is InChI=1S/C17H10BrF3N4O3S/c18-10-6-11(29-8-10)13-22-12(28-24-13)7-25-14(26)16(17(19,20)21,23-15(25)27)9-4-2-1-3-5-9/h1-6,8H,7H2,(H,23,27). The van der Waals surface area contributed by atoms with Gasteiger partial charge in [-0.05, 0) is 27.6 Å². The van der Waals surface area contributed by atoms with Gasteiger partial charge in [0.2, 0.25) is 17.3 Å². The van der Waals surface area contributed by atoms with E-state index in [9.17, 15) is 22.8 Å². The molecule has 29 heavy (non-hydrogen) atoms. The maximum Gasteiger partial charge on any atom is 0.425 e. The number of carbonyl (C=O) groups is 2. The molecule has 4 rings (SSSR count). The molecule has 0 radical (unpaired) electrons. The molecular formula is C17H10BrF3N4O3S. The molecular weight excluding hydrogens is 477 g/mol. The molecule has 0 bridgehead atoms. The van der Waals surface area contributed by atoms with E-state index in [2.05, 4.69) is 26.1 Å². The third-order valence-corrected chi connectivity index (χ3v) is 5.97. The van der Waals surface area contributed by atoms with Crippen molar-refractivity contribution in [2.24, 2.45) is 0 Å². The maximum atomic E-state index is 13.9. The molecule has 2 aromatic heterocycles. The van der Waals surface area contributed by atoms with Gasteiger partial charge in [-0.15, -0.1) is 11.3 Å². The average molecular weight is 487 g/mol. The van der Waals surface area contributed by atoms with Gasteiger partial charge in [-0.2, -0.15) is 18.2 Å². The predicted octanol–water partition coefficient (Wildman–Crippen LogP) is 4.07. The number of amides is 3. The van der Waals surface area contributed by atoms with E-state index in [1.807, 2.05) is 0 Å². The number of aromatic nitrogens is 2. The van der Waals surface area contributed by atoms with Crippen LogP contribution >= 0.6 is 27.3 Å². The van der Waals surface area contributed by atoms with Crippen LogP contribution in [0.5, 0.6) is 0 Å². The first-order valence-corrected chi connectivity index (χ1v) is 9.73. The van der Waals surface area contributed by atoms with Crippen molar-refractivity contribution in [1.82, 2.24) is 20.4 Å².